The minimum atomic E-state index is 0.485. The number of nitrogens with one attached hydrogen (secondary N) is 1. The molecule has 10 nitrogen and oxygen atoms in total. The van der Waals surface area contributed by atoms with Crippen LogP contribution in [0.3, 0.4) is 0 Å². The summed E-state index contributed by atoms with van der Waals surface area (Å²) in [5.41, 5.74) is 6.34. The molecule has 10 heteroatoms. The maximum Gasteiger partial charge on any atom is 0.119 e. The minimum Gasteiger partial charge on any atom is -0.491 e. The molecule has 0 fully saturated rings. The zero-order chi connectivity index (χ0) is 23.7. The van der Waals surface area contributed by atoms with Crippen molar-refractivity contribution in [3.05, 3.63) is 24.3 Å². The molecular formula is C23H42N2O8. The number of anilines is 1. The van der Waals surface area contributed by atoms with Gasteiger partial charge in [0.1, 0.15) is 12.4 Å². The molecule has 192 valence electrons. The molecule has 0 saturated carbocycles. The van der Waals surface area contributed by atoms with E-state index in [0.29, 0.717) is 105 Å². The van der Waals surface area contributed by atoms with E-state index in [-0.39, 0.29) is 0 Å². The lowest BCUT2D eigenvalue weighted by atomic mass is 10.3. The normalized spacial score (nSPS) is 11.2. The quantitative estimate of drug-likeness (QED) is 0.157. The molecule has 1 aromatic carbocycles. The van der Waals surface area contributed by atoms with Crippen LogP contribution in [0, 0.1) is 0 Å². The van der Waals surface area contributed by atoms with Gasteiger partial charge in [0.25, 0.3) is 0 Å². The molecule has 0 aliphatic heterocycles. The molecule has 0 unspecified atom stereocenters. The second-order valence-corrected chi connectivity index (χ2v) is 6.81. The van der Waals surface area contributed by atoms with Gasteiger partial charge in [-0.15, -0.1) is 0 Å². The van der Waals surface area contributed by atoms with Crippen LogP contribution < -0.4 is 15.8 Å². The second kappa shape index (κ2) is 23.7. The molecule has 0 radical (unpaired) electrons. The highest BCUT2D eigenvalue weighted by Gasteiger charge is 1.96. The molecule has 3 N–H and O–H groups in total. The fraction of sp³-hybridized carbons (Fsp3) is 0.739. The van der Waals surface area contributed by atoms with Crippen molar-refractivity contribution < 1.29 is 37.9 Å². The number of rotatable bonds is 25. The van der Waals surface area contributed by atoms with E-state index in [1.165, 1.54) is 0 Å². The van der Waals surface area contributed by atoms with Crippen LogP contribution >= 0.6 is 0 Å². The molecule has 0 amide bonds. The molecule has 0 aromatic heterocycles. The fourth-order valence-electron chi connectivity index (χ4n) is 2.38. The lowest BCUT2D eigenvalue weighted by Gasteiger charge is -2.09. The Balaban J connectivity index is 1.66. The Kier molecular flexibility index (Phi) is 21.2. The lowest BCUT2D eigenvalue weighted by molar-refractivity contribution is -0.0211. The summed E-state index contributed by atoms with van der Waals surface area (Å²) >= 11 is 0. The smallest absolute Gasteiger partial charge is 0.119 e. The van der Waals surface area contributed by atoms with Crippen molar-refractivity contribution in [2.75, 3.05) is 118 Å². The summed E-state index contributed by atoms with van der Waals surface area (Å²) in [6, 6.07) is 7.27. The van der Waals surface area contributed by atoms with Gasteiger partial charge in [-0.05, 0) is 31.3 Å². The third-order valence-corrected chi connectivity index (χ3v) is 4.10. The summed E-state index contributed by atoms with van der Waals surface area (Å²) in [6.45, 7) is 9.04. The van der Waals surface area contributed by atoms with Crippen LogP contribution in [0.4, 0.5) is 5.69 Å². The number of hydrogen-bond acceptors (Lipinski definition) is 10. The first kappa shape index (κ1) is 29.5. The Morgan fingerprint density at radius 1 is 0.515 bits per heavy atom. The Morgan fingerprint density at radius 3 is 1.21 bits per heavy atom. The van der Waals surface area contributed by atoms with E-state index in [1.807, 2.05) is 19.2 Å². The lowest BCUT2D eigenvalue weighted by Crippen LogP contribution is -2.17. The SMILES string of the molecule is CNCCOCCOCCOCCOCCOCCOCCOCCOc1ccc(N)cc1. The van der Waals surface area contributed by atoms with Gasteiger partial charge in [0.05, 0.1) is 92.5 Å². The number of nitrogens with two attached hydrogens (primary N) is 1. The minimum absolute atomic E-state index is 0.485. The predicted molar refractivity (Wildman–Crippen MR) is 126 cm³/mol. The highest BCUT2D eigenvalue weighted by atomic mass is 16.6. The van der Waals surface area contributed by atoms with E-state index < -0.39 is 0 Å². The highest BCUT2D eigenvalue weighted by Crippen LogP contribution is 2.12. The van der Waals surface area contributed by atoms with E-state index in [9.17, 15) is 0 Å². The van der Waals surface area contributed by atoms with Crippen molar-refractivity contribution in [1.29, 1.82) is 0 Å². The van der Waals surface area contributed by atoms with Gasteiger partial charge in [-0.2, -0.15) is 0 Å². The van der Waals surface area contributed by atoms with Crippen molar-refractivity contribution in [2.24, 2.45) is 0 Å². The van der Waals surface area contributed by atoms with Gasteiger partial charge in [-0.25, -0.2) is 0 Å². The number of nitrogen functional groups attached to an aromatic ring is 1. The average molecular weight is 475 g/mol. The van der Waals surface area contributed by atoms with Crippen LogP contribution in [0.15, 0.2) is 24.3 Å². The van der Waals surface area contributed by atoms with Crippen molar-refractivity contribution in [1.82, 2.24) is 5.32 Å². The molecule has 0 heterocycles. The summed E-state index contributed by atoms with van der Waals surface area (Å²) < 4.78 is 43.5. The summed E-state index contributed by atoms with van der Waals surface area (Å²) in [6.07, 6.45) is 0. The zero-order valence-corrected chi connectivity index (χ0v) is 20.0. The maximum absolute atomic E-state index is 5.62. The topological polar surface area (TPSA) is 112 Å². The highest BCUT2D eigenvalue weighted by molar-refractivity contribution is 5.41. The van der Waals surface area contributed by atoms with Crippen LogP contribution in [0.25, 0.3) is 0 Å². The Bertz CT molecular complexity index is 522. The number of benzene rings is 1. The Hall–Kier alpha value is -1.50. The maximum atomic E-state index is 5.62. The summed E-state index contributed by atoms with van der Waals surface area (Å²) in [5, 5.41) is 3.02. The van der Waals surface area contributed by atoms with E-state index in [0.717, 1.165) is 12.3 Å². The van der Waals surface area contributed by atoms with Crippen LogP contribution in [0.5, 0.6) is 5.75 Å². The zero-order valence-electron chi connectivity index (χ0n) is 20.0. The first-order chi connectivity index (χ1) is 16.3. The number of hydrogen-bond donors (Lipinski definition) is 2. The van der Waals surface area contributed by atoms with Crippen molar-refractivity contribution in [3.63, 3.8) is 0 Å². The molecule has 0 aliphatic rings. The van der Waals surface area contributed by atoms with Gasteiger partial charge < -0.3 is 48.9 Å². The molecule has 33 heavy (non-hydrogen) atoms. The molecule has 0 atom stereocenters. The Morgan fingerprint density at radius 2 is 0.848 bits per heavy atom. The van der Waals surface area contributed by atoms with Crippen molar-refractivity contribution >= 4 is 5.69 Å². The number of likely N-dealkylation sites (N-methyl/N-ethyl adjacent to an activating group) is 1. The standard InChI is InChI=1S/C23H42N2O8/c1-25-6-7-26-8-9-27-10-11-28-12-13-29-14-15-30-16-17-31-18-19-32-20-21-33-23-4-2-22(24)3-5-23/h2-5,25H,6-21,24H2,1H3. The fourth-order valence-corrected chi connectivity index (χ4v) is 2.38. The predicted octanol–water partition coefficient (Wildman–Crippen LogP) is 0.983. The average Bonchev–Trinajstić information content (AvgIpc) is 2.83. The first-order valence-corrected chi connectivity index (χ1v) is 11.5. The van der Waals surface area contributed by atoms with Crippen molar-refractivity contribution in [2.45, 2.75) is 0 Å². The van der Waals surface area contributed by atoms with E-state index in [4.69, 9.17) is 43.6 Å². The van der Waals surface area contributed by atoms with Crippen molar-refractivity contribution in [3.8, 4) is 5.75 Å². The van der Waals surface area contributed by atoms with Crippen LogP contribution in [-0.4, -0.2) is 113 Å². The van der Waals surface area contributed by atoms with Gasteiger partial charge in [-0.3, -0.25) is 0 Å². The molecule has 1 aromatic rings. The summed E-state index contributed by atoms with van der Waals surface area (Å²) in [7, 11) is 1.90. The Labute approximate surface area is 197 Å². The second-order valence-electron chi connectivity index (χ2n) is 6.81. The molecule has 0 spiro atoms. The largest absolute Gasteiger partial charge is 0.491 e. The molecule has 0 bridgehead atoms. The van der Waals surface area contributed by atoms with Crippen LogP contribution in [0.1, 0.15) is 0 Å². The molecule has 1 rings (SSSR count). The van der Waals surface area contributed by atoms with Gasteiger partial charge in [0.15, 0.2) is 0 Å². The molecule has 0 aliphatic carbocycles. The van der Waals surface area contributed by atoms with E-state index in [2.05, 4.69) is 5.32 Å². The molecular weight excluding hydrogens is 432 g/mol. The van der Waals surface area contributed by atoms with Gasteiger partial charge in [0, 0.05) is 12.2 Å². The third-order valence-electron chi connectivity index (χ3n) is 4.10. The summed E-state index contributed by atoms with van der Waals surface area (Å²) in [5.74, 6) is 0.778. The van der Waals surface area contributed by atoms with Crippen LogP contribution in [-0.2, 0) is 33.2 Å². The third kappa shape index (κ3) is 20.8. The number of ether oxygens (including phenoxy) is 8. The summed E-state index contributed by atoms with van der Waals surface area (Å²) in [4.78, 5) is 0. The van der Waals surface area contributed by atoms with E-state index >= 15 is 0 Å². The van der Waals surface area contributed by atoms with Crippen LogP contribution in [0.2, 0.25) is 0 Å². The van der Waals surface area contributed by atoms with Gasteiger partial charge in [-0.1, -0.05) is 0 Å². The first-order valence-electron chi connectivity index (χ1n) is 11.5. The van der Waals surface area contributed by atoms with E-state index in [1.54, 1.807) is 12.1 Å². The monoisotopic (exact) mass is 474 g/mol. The molecule has 0 saturated heterocycles. The van der Waals surface area contributed by atoms with Gasteiger partial charge in [0.2, 0.25) is 0 Å². The van der Waals surface area contributed by atoms with Gasteiger partial charge >= 0.3 is 0 Å².